The Morgan fingerprint density at radius 3 is 2.86 bits per heavy atom. The molecule has 1 aliphatic heterocycles. The Kier molecular flexibility index (Phi) is 8.70. The lowest BCUT2D eigenvalue weighted by molar-refractivity contribution is -0.127. The van der Waals surface area contributed by atoms with Crippen LogP contribution in [0.1, 0.15) is 46.5 Å². The van der Waals surface area contributed by atoms with E-state index in [4.69, 9.17) is 0 Å². The van der Waals surface area contributed by atoms with Gasteiger partial charge in [-0.1, -0.05) is 26.0 Å². The first kappa shape index (κ1) is 22.1. The van der Waals surface area contributed by atoms with Crippen molar-refractivity contribution in [2.45, 2.75) is 58.5 Å². The molecular formula is C21H35N5O2. The normalized spacial score (nSPS) is 26.8. The largest absolute Gasteiger partial charge is 0.353 e. The van der Waals surface area contributed by atoms with E-state index in [1.807, 2.05) is 19.2 Å². The molecule has 28 heavy (non-hydrogen) atoms. The Morgan fingerprint density at radius 1 is 1.32 bits per heavy atom. The molecule has 0 spiro atoms. The molecule has 2 atom stereocenters. The number of allylic oxidation sites excluding steroid dienone is 1. The van der Waals surface area contributed by atoms with Crippen molar-refractivity contribution in [3.05, 3.63) is 30.6 Å². The predicted molar refractivity (Wildman–Crippen MR) is 111 cm³/mol. The minimum Gasteiger partial charge on any atom is -0.353 e. The smallest absolute Gasteiger partial charge is 0.223 e. The number of nitrogens with zero attached hydrogens (tertiary/aromatic N) is 2. The van der Waals surface area contributed by atoms with Crippen LogP contribution in [-0.4, -0.2) is 46.8 Å². The summed E-state index contributed by atoms with van der Waals surface area (Å²) in [5.41, 5.74) is -0.612. The number of rotatable bonds is 4. The molecule has 2 unspecified atom stereocenters. The number of hydrogen-bond donors (Lipinski definition) is 3. The molecule has 1 aromatic rings. The summed E-state index contributed by atoms with van der Waals surface area (Å²) in [4.78, 5) is 25.3. The van der Waals surface area contributed by atoms with Gasteiger partial charge in [-0.05, 0) is 38.2 Å². The average Bonchev–Trinajstić information content (AvgIpc) is 3.12. The highest BCUT2D eigenvalue weighted by Gasteiger charge is 2.29. The van der Waals surface area contributed by atoms with Crippen LogP contribution in [0.3, 0.4) is 0 Å². The van der Waals surface area contributed by atoms with E-state index in [0.717, 1.165) is 25.8 Å². The van der Waals surface area contributed by atoms with E-state index in [1.165, 1.54) is 0 Å². The molecule has 0 aromatic carbocycles. The topological polar surface area (TPSA) is 88.1 Å². The van der Waals surface area contributed by atoms with Crippen LogP contribution in [0.25, 0.3) is 0 Å². The average molecular weight is 390 g/mol. The first-order valence-corrected chi connectivity index (χ1v) is 10.3. The molecular weight excluding hydrogens is 354 g/mol. The van der Waals surface area contributed by atoms with Gasteiger partial charge in [0.05, 0.1) is 12.1 Å². The Hall–Kier alpha value is -2.15. The first-order valence-electron chi connectivity index (χ1n) is 10.3. The summed E-state index contributed by atoms with van der Waals surface area (Å²) in [5.74, 6) is 0.469. The molecule has 0 saturated heterocycles. The molecule has 7 nitrogen and oxygen atoms in total. The van der Waals surface area contributed by atoms with Crippen LogP contribution in [-0.2, 0) is 16.1 Å². The monoisotopic (exact) mass is 389 g/mol. The second-order valence-corrected chi connectivity index (χ2v) is 8.36. The number of amides is 2. The van der Waals surface area contributed by atoms with Gasteiger partial charge in [-0.2, -0.15) is 5.10 Å². The summed E-state index contributed by atoms with van der Waals surface area (Å²) in [6.45, 7) is 8.47. The van der Waals surface area contributed by atoms with Crippen molar-refractivity contribution in [2.75, 3.05) is 19.6 Å². The van der Waals surface area contributed by atoms with Gasteiger partial charge in [-0.25, -0.2) is 0 Å². The van der Waals surface area contributed by atoms with Gasteiger partial charge in [-0.3, -0.25) is 14.3 Å². The predicted octanol–water partition coefficient (Wildman–Crippen LogP) is 1.87. The second kappa shape index (κ2) is 11.0. The summed E-state index contributed by atoms with van der Waals surface area (Å²) in [6, 6.07) is 1.85. The number of hydrogen-bond acceptors (Lipinski definition) is 4. The molecule has 2 amide bonds. The molecule has 156 valence electrons. The molecule has 1 aromatic heterocycles. The molecule has 7 heteroatoms. The molecule has 0 bridgehead atoms. The molecule has 2 heterocycles. The van der Waals surface area contributed by atoms with Crippen molar-refractivity contribution in [1.29, 1.82) is 0 Å². The van der Waals surface area contributed by atoms with Crippen LogP contribution < -0.4 is 16.0 Å². The molecule has 0 fully saturated rings. The number of carbonyl (C=O) groups is 2. The Morgan fingerprint density at radius 2 is 2.14 bits per heavy atom. The van der Waals surface area contributed by atoms with Crippen molar-refractivity contribution in [3.63, 3.8) is 0 Å². The fraction of sp³-hybridized carbons (Fsp3) is 0.667. The van der Waals surface area contributed by atoms with E-state index < -0.39 is 5.54 Å². The zero-order chi connectivity index (χ0) is 20.4. The van der Waals surface area contributed by atoms with Gasteiger partial charge in [0.2, 0.25) is 11.8 Å². The fourth-order valence-corrected chi connectivity index (χ4v) is 3.53. The van der Waals surface area contributed by atoms with E-state index in [9.17, 15) is 9.59 Å². The molecule has 0 aliphatic carbocycles. The van der Waals surface area contributed by atoms with Gasteiger partial charge >= 0.3 is 0 Å². The van der Waals surface area contributed by atoms with Crippen molar-refractivity contribution in [1.82, 2.24) is 25.7 Å². The quantitative estimate of drug-likeness (QED) is 0.686. The third-order valence-corrected chi connectivity index (χ3v) is 4.93. The number of aromatic nitrogens is 2. The van der Waals surface area contributed by atoms with Crippen LogP contribution >= 0.6 is 0 Å². The van der Waals surface area contributed by atoms with Gasteiger partial charge in [-0.15, -0.1) is 0 Å². The molecule has 0 saturated carbocycles. The summed E-state index contributed by atoms with van der Waals surface area (Å²) in [6.07, 6.45) is 10.7. The van der Waals surface area contributed by atoms with Gasteiger partial charge in [0.25, 0.3) is 0 Å². The summed E-state index contributed by atoms with van der Waals surface area (Å²) < 4.78 is 1.79. The van der Waals surface area contributed by atoms with Crippen LogP contribution in [0.15, 0.2) is 30.6 Å². The lowest BCUT2D eigenvalue weighted by atomic mass is 9.91. The molecule has 2 rings (SSSR count). The Labute approximate surface area is 168 Å². The summed E-state index contributed by atoms with van der Waals surface area (Å²) in [7, 11) is 0. The van der Waals surface area contributed by atoms with Crippen molar-refractivity contribution < 1.29 is 9.59 Å². The zero-order valence-electron chi connectivity index (χ0n) is 17.4. The lowest BCUT2D eigenvalue weighted by Gasteiger charge is -2.32. The first-order chi connectivity index (χ1) is 13.4. The van der Waals surface area contributed by atoms with Crippen LogP contribution in [0.2, 0.25) is 0 Å². The maximum absolute atomic E-state index is 12.9. The Bertz CT molecular complexity index is 641. The van der Waals surface area contributed by atoms with Gasteiger partial charge in [0, 0.05) is 44.4 Å². The van der Waals surface area contributed by atoms with Crippen LogP contribution in [0.5, 0.6) is 0 Å². The van der Waals surface area contributed by atoms with Crippen molar-refractivity contribution in [3.8, 4) is 0 Å². The van der Waals surface area contributed by atoms with Crippen LogP contribution in [0.4, 0.5) is 0 Å². The van der Waals surface area contributed by atoms with E-state index in [2.05, 4.69) is 47.0 Å². The highest BCUT2D eigenvalue weighted by molar-refractivity contribution is 5.79. The fourth-order valence-electron chi connectivity index (χ4n) is 3.53. The Balaban J connectivity index is 2.13. The third-order valence-electron chi connectivity index (χ3n) is 4.93. The van der Waals surface area contributed by atoms with E-state index in [-0.39, 0.29) is 17.7 Å². The second-order valence-electron chi connectivity index (χ2n) is 8.36. The molecule has 1 aliphatic rings. The van der Waals surface area contributed by atoms with Crippen molar-refractivity contribution in [2.24, 2.45) is 11.8 Å². The van der Waals surface area contributed by atoms with E-state index in [1.54, 1.807) is 10.9 Å². The van der Waals surface area contributed by atoms with Gasteiger partial charge < -0.3 is 16.0 Å². The van der Waals surface area contributed by atoms with E-state index in [0.29, 0.717) is 32.0 Å². The maximum Gasteiger partial charge on any atom is 0.223 e. The molecule has 0 radical (unpaired) electrons. The van der Waals surface area contributed by atoms with Crippen molar-refractivity contribution >= 4 is 11.8 Å². The minimum atomic E-state index is -0.612. The third kappa shape index (κ3) is 7.84. The zero-order valence-corrected chi connectivity index (χ0v) is 17.4. The maximum atomic E-state index is 12.9. The minimum absolute atomic E-state index is 0.0209. The lowest BCUT2D eigenvalue weighted by Crippen LogP contribution is -2.57. The van der Waals surface area contributed by atoms with Gasteiger partial charge in [0.1, 0.15) is 0 Å². The highest BCUT2D eigenvalue weighted by atomic mass is 16.2. The summed E-state index contributed by atoms with van der Waals surface area (Å²) in [5, 5.41) is 13.7. The SMILES string of the molecule is CC(C)CC1CC/C=C/CNCCC(=O)NC(C)(Cn2cccn2)CNC1=O. The van der Waals surface area contributed by atoms with E-state index >= 15 is 0 Å². The number of nitrogens with one attached hydrogen (secondary N) is 3. The highest BCUT2D eigenvalue weighted by Crippen LogP contribution is 2.18. The summed E-state index contributed by atoms with van der Waals surface area (Å²) >= 11 is 0. The van der Waals surface area contributed by atoms with Crippen LogP contribution in [0, 0.1) is 11.8 Å². The van der Waals surface area contributed by atoms with Gasteiger partial charge in [0.15, 0.2) is 0 Å². The standard InChI is InChI=1S/C21H35N5O2/c1-17(2)14-18-8-5-4-6-10-22-12-9-19(27)25-21(3,15-23-20(18)28)16-26-13-7-11-24-26/h4,6-7,11,13,17-18,22H,5,8-10,12,14-16H2,1-3H3,(H,23,28)(H,25,27)/b6-4+. The number of carbonyl (C=O) groups excluding carboxylic acids is 2. The molecule has 3 N–H and O–H groups in total.